The van der Waals surface area contributed by atoms with Crippen molar-refractivity contribution in [2.75, 3.05) is 26.2 Å². The summed E-state index contributed by atoms with van der Waals surface area (Å²) in [4.78, 5) is 2.77. The van der Waals surface area contributed by atoms with E-state index in [1.807, 2.05) is 0 Å². The summed E-state index contributed by atoms with van der Waals surface area (Å²) in [6.45, 7) is 5.01. The number of benzene rings is 1. The second kappa shape index (κ2) is 5.11. The topological polar surface area (TPSA) is 15.3 Å². The van der Waals surface area contributed by atoms with Crippen LogP contribution < -0.4 is 5.32 Å². The summed E-state index contributed by atoms with van der Waals surface area (Å²) in [5, 5.41) is 3.65. The van der Waals surface area contributed by atoms with E-state index in [2.05, 4.69) is 50.4 Å². The lowest BCUT2D eigenvalue weighted by Gasteiger charge is -2.46. The Morgan fingerprint density at radius 2 is 2.10 bits per heavy atom. The maximum atomic E-state index is 3.79. The van der Waals surface area contributed by atoms with Crippen molar-refractivity contribution in [3.05, 3.63) is 34.3 Å². The van der Waals surface area contributed by atoms with Gasteiger partial charge in [0.15, 0.2) is 0 Å². The van der Waals surface area contributed by atoms with Gasteiger partial charge in [0.2, 0.25) is 0 Å². The summed E-state index contributed by atoms with van der Waals surface area (Å²) < 4.78 is 1.30. The van der Waals surface area contributed by atoms with Gasteiger partial charge in [0.1, 0.15) is 0 Å². The molecule has 1 spiro atoms. The smallest absolute Gasteiger partial charge is 0.0210 e. The molecule has 3 atom stereocenters. The average molecular weight is 335 g/mol. The van der Waals surface area contributed by atoms with Crippen molar-refractivity contribution in [2.24, 2.45) is 5.41 Å². The van der Waals surface area contributed by atoms with Crippen LogP contribution in [0.2, 0.25) is 0 Å². The van der Waals surface area contributed by atoms with Gasteiger partial charge in [0.25, 0.3) is 0 Å². The molecule has 1 aromatic carbocycles. The molecule has 3 heteroatoms. The molecule has 0 aromatic heterocycles. The Morgan fingerprint density at radius 3 is 3.00 bits per heavy atom. The van der Waals surface area contributed by atoms with Crippen LogP contribution in [0.5, 0.6) is 0 Å². The fourth-order valence-electron chi connectivity index (χ4n) is 5.08. The van der Waals surface area contributed by atoms with Crippen molar-refractivity contribution in [2.45, 2.75) is 37.6 Å². The molecule has 108 valence electrons. The van der Waals surface area contributed by atoms with E-state index in [0.717, 1.165) is 12.6 Å². The average Bonchev–Trinajstić information content (AvgIpc) is 3.06. The zero-order chi connectivity index (χ0) is 13.6. The van der Waals surface area contributed by atoms with Crippen LogP contribution in [0, 0.1) is 5.41 Å². The third kappa shape index (κ3) is 1.90. The third-order valence-corrected chi connectivity index (χ3v) is 6.70. The first-order valence-electron chi connectivity index (χ1n) is 8.00. The number of rotatable bonds is 1. The molecule has 1 N–H and O–H groups in total. The molecule has 20 heavy (non-hydrogen) atoms. The standard InChI is InChI=1S/C17H23BrN2/c18-15-5-2-1-4-13(15)14-12-19-9-7-17(14)8-11-20-10-3-6-16(17)20/h1-2,4-5,14,16,19H,3,6-12H2. The van der Waals surface area contributed by atoms with Crippen LogP contribution in [0.15, 0.2) is 28.7 Å². The van der Waals surface area contributed by atoms with E-state index in [4.69, 9.17) is 0 Å². The molecule has 3 heterocycles. The lowest BCUT2D eigenvalue weighted by molar-refractivity contribution is 0.112. The second-order valence-corrected chi connectivity index (χ2v) is 7.56. The summed E-state index contributed by atoms with van der Waals surface area (Å²) in [6, 6.07) is 9.71. The first-order valence-corrected chi connectivity index (χ1v) is 8.80. The van der Waals surface area contributed by atoms with Gasteiger partial charge in [-0.3, -0.25) is 4.90 Å². The number of nitrogens with zero attached hydrogens (tertiary/aromatic N) is 1. The maximum Gasteiger partial charge on any atom is 0.0210 e. The van der Waals surface area contributed by atoms with Crippen molar-refractivity contribution in [3.63, 3.8) is 0 Å². The van der Waals surface area contributed by atoms with E-state index in [-0.39, 0.29) is 0 Å². The first-order chi connectivity index (χ1) is 9.81. The number of fused-ring (bicyclic) bond motifs is 2. The summed E-state index contributed by atoms with van der Waals surface area (Å²) in [5.74, 6) is 0.667. The van der Waals surface area contributed by atoms with E-state index < -0.39 is 0 Å². The molecule has 0 radical (unpaired) electrons. The minimum atomic E-state index is 0.519. The number of nitrogens with one attached hydrogen (secondary N) is 1. The van der Waals surface area contributed by atoms with E-state index in [1.165, 1.54) is 55.4 Å². The predicted molar refractivity (Wildman–Crippen MR) is 86.0 cm³/mol. The van der Waals surface area contributed by atoms with E-state index in [1.54, 1.807) is 0 Å². The Labute approximate surface area is 130 Å². The van der Waals surface area contributed by atoms with Crippen LogP contribution in [-0.2, 0) is 0 Å². The van der Waals surface area contributed by atoms with Gasteiger partial charge in [-0.2, -0.15) is 0 Å². The molecule has 3 aliphatic rings. The van der Waals surface area contributed by atoms with E-state index >= 15 is 0 Å². The van der Waals surface area contributed by atoms with Crippen LogP contribution >= 0.6 is 15.9 Å². The van der Waals surface area contributed by atoms with Gasteiger partial charge in [0, 0.05) is 23.0 Å². The molecular formula is C17H23BrN2. The quantitative estimate of drug-likeness (QED) is 0.846. The number of piperidine rings is 1. The SMILES string of the molecule is Brc1ccccc1C1CNCCC12CCN1CCCC12. The minimum Gasteiger partial charge on any atom is -0.316 e. The largest absolute Gasteiger partial charge is 0.316 e. The molecule has 1 aromatic rings. The summed E-state index contributed by atoms with van der Waals surface area (Å²) >= 11 is 3.79. The number of halogens is 1. The molecular weight excluding hydrogens is 312 g/mol. The fourth-order valence-corrected chi connectivity index (χ4v) is 5.64. The lowest BCUT2D eigenvalue weighted by Crippen LogP contribution is -2.49. The van der Waals surface area contributed by atoms with Gasteiger partial charge < -0.3 is 5.32 Å². The highest BCUT2D eigenvalue weighted by atomic mass is 79.9. The minimum absolute atomic E-state index is 0.519. The molecule has 0 bridgehead atoms. The van der Waals surface area contributed by atoms with E-state index in [9.17, 15) is 0 Å². The second-order valence-electron chi connectivity index (χ2n) is 6.71. The van der Waals surface area contributed by atoms with Crippen LogP contribution in [0.4, 0.5) is 0 Å². The molecule has 4 rings (SSSR count). The Morgan fingerprint density at radius 1 is 1.20 bits per heavy atom. The monoisotopic (exact) mass is 334 g/mol. The van der Waals surface area contributed by atoms with Crippen LogP contribution in [-0.4, -0.2) is 37.1 Å². The van der Waals surface area contributed by atoms with Gasteiger partial charge >= 0.3 is 0 Å². The molecule has 0 amide bonds. The Balaban J connectivity index is 1.75. The van der Waals surface area contributed by atoms with Crippen LogP contribution in [0.3, 0.4) is 0 Å². The Bertz CT molecular complexity index is 500. The molecule has 3 fully saturated rings. The number of hydrogen-bond donors (Lipinski definition) is 1. The fraction of sp³-hybridized carbons (Fsp3) is 0.647. The zero-order valence-electron chi connectivity index (χ0n) is 11.9. The Hall–Kier alpha value is -0.380. The molecule has 3 aliphatic heterocycles. The number of hydrogen-bond acceptors (Lipinski definition) is 2. The molecule has 2 nitrogen and oxygen atoms in total. The normalized spacial score (nSPS) is 37.5. The highest BCUT2D eigenvalue weighted by Gasteiger charge is 2.54. The van der Waals surface area contributed by atoms with Crippen molar-refractivity contribution in [3.8, 4) is 0 Å². The van der Waals surface area contributed by atoms with Crippen LogP contribution in [0.1, 0.15) is 37.2 Å². The maximum absolute atomic E-state index is 3.79. The Kier molecular flexibility index (Phi) is 3.40. The van der Waals surface area contributed by atoms with Crippen molar-refractivity contribution < 1.29 is 0 Å². The van der Waals surface area contributed by atoms with Gasteiger partial charge in [0.05, 0.1) is 0 Å². The molecule has 3 unspecified atom stereocenters. The van der Waals surface area contributed by atoms with Crippen molar-refractivity contribution in [1.82, 2.24) is 10.2 Å². The molecule has 0 aliphatic carbocycles. The summed E-state index contributed by atoms with van der Waals surface area (Å²) in [5.41, 5.74) is 2.04. The van der Waals surface area contributed by atoms with Crippen molar-refractivity contribution in [1.29, 1.82) is 0 Å². The zero-order valence-corrected chi connectivity index (χ0v) is 13.5. The third-order valence-electron chi connectivity index (χ3n) is 5.98. The highest BCUT2D eigenvalue weighted by Crippen LogP contribution is 2.55. The van der Waals surface area contributed by atoms with Gasteiger partial charge in [-0.15, -0.1) is 0 Å². The predicted octanol–water partition coefficient (Wildman–Crippen LogP) is 3.38. The summed E-state index contributed by atoms with van der Waals surface area (Å²) in [6.07, 6.45) is 5.56. The van der Waals surface area contributed by atoms with Gasteiger partial charge in [-0.1, -0.05) is 34.1 Å². The molecule has 3 saturated heterocycles. The van der Waals surface area contributed by atoms with Gasteiger partial charge in [-0.25, -0.2) is 0 Å². The summed E-state index contributed by atoms with van der Waals surface area (Å²) in [7, 11) is 0. The van der Waals surface area contributed by atoms with E-state index in [0.29, 0.717) is 11.3 Å². The van der Waals surface area contributed by atoms with Gasteiger partial charge in [-0.05, 0) is 62.4 Å². The first kappa shape index (κ1) is 13.3. The highest BCUT2D eigenvalue weighted by molar-refractivity contribution is 9.10. The molecule has 0 saturated carbocycles. The van der Waals surface area contributed by atoms with Crippen LogP contribution in [0.25, 0.3) is 0 Å². The van der Waals surface area contributed by atoms with Crippen molar-refractivity contribution >= 4 is 15.9 Å². The lowest BCUT2D eigenvalue weighted by atomic mass is 9.63.